The van der Waals surface area contributed by atoms with E-state index in [1.807, 2.05) is 0 Å². The van der Waals surface area contributed by atoms with Gasteiger partial charge in [-0.25, -0.2) is 0 Å². The van der Waals surface area contributed by atoms with Crippen molar-refractivity contribution in [2.75, 3.05) is 19.7 Å². The average Bonchev–Trinajstić information content (AvgIpc) is 2.61. The van der Waals surface area contributed by atoms with Gasteiger partial charge in [0.25, 0.3) is 0 Å². The Morgan fingerprint density at radius 3 is 2.57 bits per heavy atom. The average molecular weight is 309 g/mol. The first-order valence-corrected chi connectivity index (χ1v) is 8.73. The summed E-state index contributed by atoms with van der Waals surface area (Å²) < 4.78 is 6.25. The molecule has 3 rings (SSSR count). The molecule has 23 heavy (non-hydrogen) atoms. The van der Waals surface area contributed by atoms with Crippen LogP contribution in [0.3, 0.4) is 0 Å². The van der Waals surface area contributed by atoms with Crippen LogP contribution < -0.4 is 10.1 Å². The van der Waals surface area contributed by atoms with E-state index in [2.05, 4.69) is 73.8 Å². The van der Waals surface area contributed by atoms with Gasteiger partial charge in [-0.2, -0.15) is 0 Å². The van der Waals surface area contributed by atoms with Gasteiger partial charge in [0, 0.05) is 12.5 Å². The minimum atomic E-state index is 0.487. The molecule has 1 fully saturated rings. The van der Waals surface area contributed by atoms with E-state index < -0.39 is 0 Å². The van der Waals surface area contributed by atoms with Crippen molar-refractivity contribution in [1.29, 1.82) is 0 Å². The maximum atomic E-state index is 6.25. The quantitative estimate of drug-likeness (QED) is 0.872. The van der Waals surface area contributed by atoms with Gasteiger partial charge in [0.05, 0.1) is 6.61 Å². The summed E-state index contributed by atoms with van der Waals surface area (Å²) in [6.07, 6.45) is 1.18. The molecule has 122 valence electrons. The third-order valence-electron chi connectivity index (χ3n) is 4.83. The van der Waals surface area contributed by atoms with Crippen LogP contribution in [0.4, 0.5) is 0 Å². The molecule has 2 atom stereocenters. The summed E-state index contributed by atoms with van der Waals surface area (Å²) in [7, 11) is 0. The van der Waals surface area contributed by atoms with Crippen LogP contribution in [0.25, 0.3) is 0 Å². The smallest absolute Gasteiger partial charge is 0.122 e. The fourth-order valence-corrected chi connectivity index (χ4v) is 3.52. The number of ether oxygens (including phenoxy) is 1. The fraction of sp³-hybridized carbons (Fsp3) is 0.429. The second-order valence-corrected chi connectivity index (χ2v) is 6.77. The summed E-state index contributed by atoms with van der Waals surface area (Å²) in [5, 5.41) is 3.53. The zero-order chi connectivity index (χ0) is 16.1. The largest absolute Gasteiger partial charge is 0.493 e. The molecule has 2 aromatic rings. The van der Waals surface area contributed by atoms with Crippen LogP contribution in [0, 0.1) is 5.92 Å². The summed E-state index contributed by atoms with van der Waals surface area (Å²) in [5.41, 5.74) is 2.74. The molecule has 1 aliphatic rings. The molecule has 0 amide bonds. The fourth-order valence-electron chi connectivity index (χ4n) is 3.52. The Bertz CT molecular complexity index is 608. The van der Waals surface area contributed by atoms with Crippen LogP contribution in [0.1, 0.15) is 43.2 Å². The van der Waals surface area contributed by atoms with Gasteiger partial charge in [-0.1, -0.05) is 62.4 Å². The Kier molecular flexibility index (Phi) is 5.35. The predicted molar refractivity (Wildman–Crippen MR) is 96.2 cm³/mol. The Morgan fingerprint density at radius 1 is 1.04 bits per heavy atom. The summed E-state index contributed by atoms with van der Waals surface area (Å²) in [4.78, 5) is 0. The normalized spacial score (nSPS) is 21.3. The van der Waals surface area contributed by atoms with E-state index in [9.17, 15) is 0 Å². The molecule has 0 aliphatic carbocycles. The summed E-state index contributed by atoms with van der Waals surface area (Å²) in [6, 6.07) is 19.3. The minimum absolute atomic E-state index is 0.487. The predicted octanol–water partition coefficient (Wildman–Crippen LogP) is 4.58. The van der Waals surface area contributed by atoms with Crippen LogP contribution in [0.5, 0.6) is 5.75 Å². The Morgan fingerprint density at radius 2 is 1.78 bits per heavy atom. The maximum Gasteiger partial charge on any atom is 0.122 e. The van der Waals surface area contributed by atoms with E-state index in [0.29, 0.717) is 17.8 Å². The molecule has 0 saturated carbocycles. The molecule has 1 saturated heterocycles. The topological polar surface area (TPSA) is 21.3 Å². The molecule has 0 spiro atoms. The number of nitrogens with one attached hydrogen (secondary N) is 1. The van der Waals surface area contributed by atoms with Gasteiger partial charge in [0.2, 0.25) is 0 Å². The molecule has 0 bridgehead atoms. The lowest BCUT2D eigenvalue weighted by Crippen LogP contribution is -2.38. The van der Waals surface area contributed by atoms with Gasteiger partial charge in [-0.3, -0.25) is 0 Å². The van der Waals surface area contributed by atoms with Gasteiger partial charge in [-0.15, -0.1) is 0 Å². The Labute approximate surface area is 139 Å². The zero-order valence-electron chi connectivity index (χ0n) is 14.2. The molecule has 0 radical (unpaired) electrons. The van der Waals surface area contributed by atoms with Crippen molar-refractivity contribution in [1.82, 2.24) is 5.32 Å². The summed E-state index contributed by atoms with van der Waals surface area (Å²) in [6.45, 7) is 7.34. The first-order chi connectivity index (χ1) is 11.3. The number of rotatable bonds is 5. The number of hydrogen-bond acceptors (Lipinski definition) is 2. The van der Waals surface area contributed by atoms with Gasteiger partial charge < -0.3 is 10.1 Å². The van der Waals surface area contributed by atoms with Crippen molar-refractivity contribution >= 4 is 0 Å². The molecule has 2 heteroatoms. The van der Waals surface area contributed by atoms with E-state index in [1.54, 1.807) is 0 Å². The molecule has 0 unspecified atom stereocenters. The van der Waals surface area contributed by atoms with Crippen molar-refractivity contribution in [3.05, 3.63) is 65.7 Å². The lowest BCUT2D eigenvalue weighted by molar-refractivity contribution is 0.195. The first-order valence-electron chi connectivity index (χ1n) is 8.73. The van der Waals surface area contributed by atoms with Gasteiger partial charge in [-0.05, 0) is 42.0 Å². The molecular formula is C21H27NO. The van der Waals surface area contributed by atoms with Crippen LogP contribution in [-0.2, 0) is 0 Å². The van der Waals surface area contributed by atoms with E-state index >= 15 is 0 Å². The van der Waals surface area contributed by atoms with Crippen LogP contribution >= 0.6 is 0 Å². The SMILES string of the molecule is CC(C)c1ccccc1OC[C@@H]1CNCC[C@@H]1c1ccccc1. The monoisotopic (exact) mass is 309 g/mol. The van der Waals surface area contributed by atoms with Crippen molar-refractivity contribution < 1.29 is 4.74 Å². The molecule has 1 N–H and O–H groups in total. The van der Waals surface area contributed by atoms with Crippen LogP contribution in [0.2, 0.25) is 0 Å². The van der Waals surface area contributed by atoms with Crippen molar-refractivity contribution in [2.45, 2.75) is 32.1 Å². The van der Waals surface area contributed by atoms with Gasteiger partial charge >= 0.3 is 0 Å². The second-order valence-electron chi connectivity index (χ2n) is 6.77. The lowest BCUT2D eigenvalue weighted by atomic mass is 9.81. The molecule has 2 nitrogen and oxygen atoms in total. The number of para-hydroxylation sites is 1. The second kappa shape index (κ2) is 7.65. The first kappa shape index (κ1) is 16.1. The van der Waals surface area contributed by atoms with E-state index in [-0.39, 0.29) is 0 Å². The summed E-state index contributed by atoms with van der Waals surface area (Å²) >= 11 is 0. The Hall–Kier alpha value is -1.80. The number of benzene rings is 2. The molecule has 1 aliphatic heterocycles. The lowest BCUT2D eigenvalue weighted by Gasteiger charge is -2.32. The highest BCUT2D eigenvalue weighted by molar-refractivity contribution is 5.35. The number of piperidine rings is 1. The van der Waals surface area contributed by atoms with Crippen molar-refractivity contribution in [3.8, 4) is 5.75 Å². The van der Waals surface area contributed by atoms with E-state index in [0.717, 1.165) is 25.4 Å². The standard InChI is InChI=1S/C21H27NO/c1-16(2)19-10-6-7-11-21(19)23-15-18-14-22-13-12-20(18)17-8-4-3-5-9-17/h3-11,16,18,20,22H,12-15H2,1-2H3/t18-,20+/m0/s1. The van der Waals surface area contributed by atoms with Crippen molar-refractivity contribution in [3.63, 3.8) is 0 Å². The highest BCUT2D eigenvalue weighted by Crippen LogP contribution is 2.32. The van der Waals surface area contributed by atoms with Crippen LogP contribution in [-0.4, -0.2) is 19.7 Å². The summed E-state index contributed by atoms with van der Waals surface area (Å²) in [5.74, 6) is 2.63. The maximum absolute atomic E-state index is 6.25. The molecule has 2 aromatic carbocycles. The third kappa shape index (κ3) is 3.94. The molecule has 1 heterocycles. The molecule has 0 aromatic heterocycles. The highest BCUT2D eigenvalue weighted by Gasteiger charge is 2.27. The third-order valence-corrected chi connectivity index (χ3v) is 4.83. The van der Waals surface area contributed by atoms with Gasteiger partial charge in [0.15, 0.2) is 0 Å². The number of hydrogen-bond donors (Lipinski definition) is 1. The highest BCUT2D eigenvalue weighted by atomic mass is 16.5. The van der Waals surface area contributed by atoms with Gasteiger partial charge in [0.1, 0.15) is 5.75 Å². The van der Waals surface area contributed by atoms with Crippen LogP contribution in [0.15, 0.2) is 54.6 Å². The molecular weight excluding hydrogens is 282 g/mol. The Balaban J connectivity index is 1.71. The zero-order valence-corrected chi connectivity index (χ0v) is 14.2. The van der Waals surface area contributed by atoms with Crippen molar-refractivity contribution in [2.24, 2.45) is 5.92 Å². The van der Waals surface area contributed by atoms with E-state index in [1.165, 1.54) is 17.5 Å². The minimum Gasteiger partial charge on any atom is -0.493 e. The van der Waals surface area contributed by atoms with E-state index in [4.69, 9.17) is 4.74 Å².